The van der Waals surface area contributed by atoms with Gasteiger partial charge in [-0.15, -0.1) is 0 Å². The minimum Gasteiger partial charge on any atom is -0.321 e. The van der Waals surface area contributed by atoms with Crippen LogP contribution in [0.4, 0.5) is 5.69 Å². The number of carbonyl (C=O) groups is 2. The Hall–Kier alpha value is -1.91. The van der Waals surface area contributed by atoms with Crippen molar-refractivity contribution in [2.75, 3.05) is 5.32 Å². The first-order valence-corrected chi connectivity index (χ1v) is 6.02. The molecule has 0 atom stereocenters. The quantitative estimate of drug-likeness (QED) is 0.882. The molecular formula is C13H8Cl2N2O2. The van der Waals surface area contributed by atoms with Gasteiger partial charge < -0.3 is 5.32 Å². The fourth-order valence-corrected chi connectivity index (χ4v) is 2.00. The normalized spacial score (nSPS) is 10.0. The lowest BCUT2D eigenvalue weighted by atomic mass is 10.2. The molecule has 4 nitrogen and oxygen atoms in total. The van der Waals surface area contributed by atoms with Crippen molar-refractivity contribution in [3.8, 4) is 0 Å². The number of hydrogen-bond acceptors (Lipinski definition) is 3. The number of carbonyl (C=O) groups excluding carboxylic acids is 2. The van der Waals surface area contributed by atoms with E-state index < -0.39 is 0 Å². The van der Waals surface area contributed by atoms with Crippen molar-refractivity contribution in [3.05, 3.63) is 57.8 Å². The van der Waals surface area contributed by atoms with Crippen LogP contribution in [0.15, 0.2) is 36.7 Å². The summed E-state index contributed by atoms with van der Waals surface area (Å²) in [4.78, 5) is 26.4. The fourth-order valence-electron chi connectivity index (χ4n) is 1.48. The monoisotopic (exact) mass is 294 g/mol. The molecule has 0 fully saturated rings. The van der Waals surface area contributed by atoms with Crippen LogP contribution in [0.25, 0.3) is 0 Å². The van der Waals surface area contributed by atoms with Crippen LogP contribution in [0.3, 0.4) is 0 Å². The van der Waals surface area contributed by atoms with E-state index in [-0.39, 0.29) is 5.91 Å². The molecule has 6 heteroatoms. The van der Waals surface area contributed by atoms with E-state index in [2.05, 4.69) is 10.3 Å². The fraction of sp³-hybridized carbons (Fsp3) is 0. The summed E-state index contributed by atoms with van der Waals surface area (Å²) in [7, 11) is 0. The Kier molecular flexibility index (Phi) is 4.14. The van der Waals surface area contributed by atoms with Crippen LogP contribution in [-0.2, 0) is 0 Å². The van der Waals surface area contributed by atoms with Crippen molar-refractivity contribution < 1.29 is 9.59 Å². The van der Waals surface area contributed by atoms with Gasteiger partial charge in [0.2, 0.25) is 0 Å². The van der Waals surface area contributed by atoms with E-state index in [1.807, 2.05) is 0 Å². The maximum Gasteiger partial charge on any atom is 0.255 e. The molecule has 0 bridgehead atoms. The minimum absolute atomic E-state index is 0.328. The van der Waals surface area contributed by atoms with Gasteiger partial charge in [-0.3, -0.25) is 14.6 Å². The van der Waals surface area contributed by atoms with Crippen molar-refractivity contribution in [1.29, 1.82) is 0 Å². The van der Waals surface area contributed by atoms with Gasteiger partial charge in [0, 0.05) is 27.4 Å². The molecule has 2 aromatic rings. The maximum absolute atomic E-state index is 12.0. The van der Waals surface area contributed by atoms with E-state index in [4.69, 9.17) is 23.2 Å². The predicted molar refractivity (Wildman–Crippen MR) is 74.0 cm³/mol. The van der Waals surface area contributed by atoms with E-state index in [1.165, 1.54) is 36.7 Å². The second-order valence-corrected chi connectivity index (χ2v) is 4.61. The molecule has 0 unspecified atom stereocenters. The number of hydrogen-bond donors (Lipinski definition) is 1. The molecule has 0 spiro atoms. The summed E-state index contributed by atoms with van der Waals surface area (Å²) in [5.41, 5.74) is 1.13. The number of rotatable bonds is 3. The Morgan fingerprint density at radius 1 is 1.11 bits per heavy atom. The number of aromatic nitrogens is 1. The standard InChI is InChI=1S/C13H8Cl2N2O2/c14-10-2-9(3-11(15)4-10)13(19)17-12-1-8(7-18)5-16-6-12/h1-7H,(H,17,19). The average Bonchev–Trinajstić information content (AvgIpc) is 2.37. The lowest BCUT2D eigenvalue weighted by Crippen LogP contribution is -2.12. The van der Waals surface area contributed by atoms with Gasteiger partial charge in [-0.1, -0.05) is 23.2 Å². The molecule has 0 aliphatic carbocycles. The Morgan fingerprint density at radius 3 is 2.42 bits per heavy atom. The van der Waals surface area contributed by atoms with E-state index >= 15 is 0 Å². The van der Waals surface area contributed by atoms with E-state index in [0.717, 1.165) is 0 Å². The van der Waals surface area contributed by atoms with Crippen molar-refractivity contribution in [2.24, 2.45) is 0 Å². The molecule has 0 aliphatic heterocycles. The van der Waals surface area contributed by atoms with E-state index in [0.29, 0.717) is 33.1 Å². The zero-order valence-corrected chi connectivity index (χ0v) is 11.1. The SMILES string of the molecule is O=Cc1cncc(NC(=O)c2cc(Cl)cc(Cl)c2)c1. The average molecular weight is 295 g/mol. The Labute approximate surface area is 119 Å². The molecule has 1 amide bonds. The van der Waals surface area contributed by atoms with Crippen LogP contribution in [0, 0.1) is 0 Å². The molecule has 2 rings (SSSR count). The number of halogens is 2. The lowest BCUT2D eigenvalue weighted by Gasteiger charge is -2.06. The highest BCUT2D eigenvalue weighted by molar-refractivity contribution is 6.35. The van der Waals surface area contributed by atoms with Crippen LogP contribution in [-0.4, -0.2) is 17.2 Å². The number of aldehydes is 1. The number of anilines is 1. The Balaban J connectivity index is 2.22. The van der Waals surface area contributed by atoms with Crippen molar-refractivity contribution >= 4 is 41.1 Å². The first-order valence-electron chi connectivity index (χ1n) is 5.26. The summed E-state index contributed by atoms with van der Waals surface area (Å²) in [6, 6.07) is 6.05. The molecule has 1 aromatic heterocycles. The number of pyridine rings is 1. The summed E-state index contributed by atoms with van der Waals surface area (Å²) in [6.07, 6.45) is 3.49. The van der Waals surface area contributed by atoms with Gasteiger partial charge in [0.15, 0.2) is 6.29 Å². The largest absolute Gasteiger partial charge is 0.321 e. The third kappa shape index (κ3) is 3.53. The highest BCUT2D eigenvalue weighted by atomic mass is 35.5. The van der Waals surface area contributed by atoms with E-state index in [1.54, 1.807) is 0 Å². The zero-order chi connectivity index (χ0) is 13.8. The summed E-state index contributed by atoms with van der Waals surface area (Å²) < 4.78 is 0. The van der Waals surface area contributed by atoms with Gasteiger partial charge in [0.25, 0.3) is 5.91 Å². The highest BCUT2D eigenvalue weighted by Gasteiger charge is 2.08. The van der Waals surface area contributed by atoms with Crippen molar-refractivity contribution in [3.63, 3.8) is 0 Å². The van der Waals surface area contributed by atoms with Crippen molar-refractivity contribution in [2.45, 2.75) is 0 Å². The van der Waals surface area contributed by atoms with E-state index in [9.17, 15) is 9.59 Å². The minimum atomic E-state index is -0.380. The smallest absolute Gasteiger partial charge is 0.255 e. The number of amides is 1. The molecule has 0 radical (unpaired) electrons. The maximum atomic E-state index is 12.0. The number of benzene rings is 1. The molecular weight excluding hydrogens is 287 g/mol. The highest BCUT2D eigenvalue weighted by Crippen LogP contribution is 2.20. The van der Waals surface area contributed by atoms with Gasteiger partial charge in [0.05, 0.1) is 11.9 Å². The van der Waals surface area contributed by atoms with Crippen LogP contribution in [0.5, 0.6) is 0 Å². The lowest BCUT2D eigenvalue weighted by molar-refractivity contribution is 0.102. The van der Waals surface area contributed by atoms with Crippen molar-refractivity contribution in [1.82, 2.24) is 4.98 Å². The number of nitrogens with zero attached hydrogens (tertiary/aromatic N) is 1. The molecule has 1 heterocycles. The summed E-state index contributed by atoms with van der Waals surface area (Å²) >= 11 is 11.6. The second kappa shape index (κ2) is 5.82. The number of nitrogens with one attached hydrogen (secondary N) is 1. The molecule has 19 heavy (non-hydrogen) atoms. The molecule has 0 saturated heterocycles. The van der Waals surface area contributed by atoms with Gasteiger partial charge in [0.1, 0.15) is 0 Å². The summed E-state index contributed by atoms with van der Waals surface area (Å²) in [5, 5.41) is 3.35. The first-order chi connectivity index (χ1) is 9.08. The summed E-state index contributed by atoms with van der Waals surface area (Å²) in [6.45, 7) is 0. The topological polar surface area (TPSA) is 59.1 Å². The zero-order valence-electron chi connectivity index (χ0n) is 9.56. The van der Waals surface area contributed by atoms with Crippen LogP contribution >= 0.6 is 23.2 Å². The second-order valence-electron chi connectivity index (χ2n) is 3.74. The molecule has 0 saturated carbocycles. The third-order valence-electron chi connectivity index (χ3n) is 2.28. The summed E-state index contributed by atoms with van der Waals surface area (Å²) in [5.74, 6) is -0.380. The predicted octanol–water partition coefficient (Wildman–Crippen LogP) is 3.45. The van der Waals surface area contributed by atoms with Crippen LogP contribution in [0.1, 0.15) is 20.7 Å². The Bertz CT molecular complexity index is 624. The first kappa shape index (κ1) is 13.5. The molecule has 0 aliphatic rings. The van der Waals surface area contributed by atoms with Gasteiger partial charge in [-0.25, -0.2) is 0 Å². The van der Waals surface area contributed by atoms with Gasteiger partial charge >= 0.3 is 0 Å². The third-order valence-corrected chi connectivity index (χ3v) is 2.71. The van der Waals surface area contributed by atoms with Gasteiger partial charge in [-0.2, -0.15) is 0 Å². The molecule has 96 valence electrons. The molecule has 1 aromatic carbocycles. The van der Waals surface area contributed by atoms with Crippen LogP contribution < -0.4 is 5.32 Å². The van der Waals surface area contributed by atoms with Gasteiger partial charge in [-0.05, 0) is 24.3 Å². The Morgan fingerprint density at radius 2 is 1.79 bits per heavy atom. The molecule has 1 N–H and O–H groups in total. The van der Waals surface area contributed by atoms with Crippen LogP contribution in [0.2, 0.25) is 10.0 Å².